The Labute approximate surface area is 203 Å². The van der Waals surface area contributed by atoms with Crippen molar-refractivity contribution in [3.63, 3.8) is 0 Å². The number of piperidine rings is 1. The van der Waals surface area contributed by atoms with E-state index in [2.05, 4.69) is 10.2 Å². The molecule has 0 atom stereocenters. The molecule has 1 aromatic heterocycles. The summed E-state index contributed by atoms with van der Waals surface area (Å²) in [4.78, 5) is 29.2. The summed E-state index contributed by atoms with van der Waals surface area (Å²) in [6.07, 6.45) is 5.54. The Morgan fingerprint density at radius 1 is 1.16 bits per heavy atom. The zero-order valence-corrected chi connectivity index (χ0v) is 20.5. The van der Waals surface area contributed by atoms with Crippen LogP contribution in [0.2, 0.25) is 10.0 Å². The molecule has 1 amide bonds. The molecule has 0 saturated carbocycles. The molecule has 2 heterocycles. The quantitative estimate of drug-likeness (QED) is 0.503. The molecular formula is C24H28Cl2N2O3S. The van der Waals surface area contributed by atoms with Gasteiger partial charge in [-0.25, -0.2) is 4.79 Å². The Hall–Kier alpha value is -1.60. The molecule has 5 nitrogen and oxygen atoms in total. The van der Waals surface area contributed by atoms with Crippen LogP contribution >= 0.6 is 34.5 Å². The summed E-state index contributed by atoms with van der Waals surface area (Å²) in [5, 5.41) is 5.08. The van der Waals surface area contributed by atoms with Gasteiger partial charge in [-0.05, 0) is 76.2 Å². The van der Waals surface area contributed by atoms with Gasteiger partial charge in [0.2, 0.25) is 5.91 Å². The third-order valence-electron chi connectivity index (χ3n) is 6.29. The molecule has 1 aliphatic carbocycles. The largest absolute Gasteiger partial charge is 0.462 e. The maximum absolute atomic E-state index is 13.1. The molecule has 0 bridgehead atoms. The van der Waals surface area contributed by atoms with Crippen LogP contribution in [0.25, 0.3) is 0 Å². The fraction of sp³-hybridized carbons (Fsp3) is 0.500. The number of benzene rings is 1. The predicted octanol–water partition coefficient (Wildman–Crippen LogP) is 5.96. The van der Waals surface area contributed by atoms with Crippen molar-refractivity contribution in [3.05, 3.63) is 49.8 Å². The molecule has 172 valence electrons. The summed E-state index contributed by atoms with van der Waals surface area (Å²) < 4.78 is 5.30. The van der Waals surface area contributed by atoms with Crippen LogP contribution in [0.4, 0.5) is 5.00 Å². The van der Waals surface area contributed by atoms with Crippen LogP contribution in [0.1, 0.15) is 59.0 Å². The third kappa shape index (κ3) is 5.14. The lowest BCUT2D eigenvalue weighted by Gasteiger charge is -2.31. The standard InChI is InChI=1S/C24H28Cl2N2O3S/c1-2-31-24(30)21-16-6-3-4-9-20(16)32-23(21)27-22(29)15-10-12-28(13-11-15)14-17-18(25)7-5-8-19(17)26/h5,7-8,15H,2-4,6,9-14H2,1H3,(H,27,29). The summed E-state index contributed by atoms with van der Waals surface area (Å²) in [6, 6.07) is 5.55. The van der Waals surface area contributed by atoms with Crippen LogP contribution in [0, 0.1) is 5.92 Å². The van der Waals surface area contributed by atoms with Crippen molar-refractivity contribution < 1.29 is 14.3 Å². The zero-order chi connectivity index (χ0) is 22.7. The van der Waals surface area contributed by atoms with Gasteiger partial charge < -0.3 is 10.1 Å². The van der Waals surface area contributed by atoms with Crippen molar-refractivity contribution in [3.8, 4) is 0 Å². The minimum atomic E-state index is -0.325. The molecule has 1 aromatic carbocycles. The Kier molecular flexibility index (Phi) is 7.77. The van der Waals surface area contributed by atoms with Gasteiger partial charge >= 0.3 is 5.97 Å². The van der Waals surface area contributed by atoms with Crippen molar-refractivity contribution in [1.29, 1.82) is 0 Å². The first-order chi connectivity index (χ1) is 15.5. The lowest BCUT2D eigenvalue weighted by molar-refractivity contribution is -0.121. The fourth-order valence-electron chi connectivity index (χ4n) is 4.55. The van der Waals surface area contributed by atoms with Crippen LogP contribution < -0.4 is 5.32 Å². The number of likely N-dealkylation sites (tertiary alicyclic amines) is 1. The predicted molar refractivity (Wildman–Crippen MR) is 130 cm³/mol. The van der Waals surface area contributed by atoms with Crippen LogP contribution in [-0.4, -0.2) is 36.5 Å². The van der Waals surface area contributed by atoms with E-state index in [1.807, 2.05) is 18.2 Å². The Morgan fingerprint density at radius 3 is 2.53 bits per heavy atom. The molecule has 8 heteroatoms. The van der Waals surface area contributed by atoms with Gasteiger partial charge in [-0.15, -0.1) is 11.3 Å². The second-order valence-electron chi connectivity index (χ2n) is 8.38. The van der Waals surface area contributed by atoms with Crippen molar-refractivity contribution in [2.45, 2.75) is 52.0 Å². The molecule has 1 fully saturated rings. The number of rotatable bonds is 6. The van der Waals surface area contributed by atoms with E-state index in [9.17, 15) is 9.59 Å². The highest BCUT2D eigenvalue weighted by molar-refractivity contribution is 7.17. The number of amides is 1. The number of nitrogens with one attached hydrogen (secondary N) is 1. The second-order valence-corrected chi connectivity index (χ2v) is 10.3. The summed E-state index contributed by atoms with van der Waals surface area (Å²) >= 11 is 14.2. The summed E-state index contributed by atoms with van der Waals surface area (Å²) in [7, 11) is 0. The zero-order valence-electron chi connectivity index (χ0n) is 18.2. The fourth-order valence-corrected chi connectivity index (χ4v) is 6.34. The molecule has 0 unspecified atom stereocenters. The van der Waals surface area contributed by atoms with Gasteiger partial charge in [0.05, 0.1) is 12.2 Å². The van der Waals surface area contributed by atoms with Gasteiger partial charge in [-0.1, -0.05) is 29.3 Å². The topological polar surface area (TPSA) is 58.6 Å². The van der Waals surface area contributed by atoms with Gasteiger partial charge in [-0.3, -0.25) is 9.69 Å². The SMILES string of the molecule is CCOC(=O)c1c(NC(=O)C2CCN(Cc3c(Cl)cccc3Cl)CC2)sc2c1CCCC2. The molecule has 2 aromatic rings. The van der Waals surface area contributed by atoms with Crippen molar-refractivity contribution in [2.75, 3.05) is 25.0 Å². The number of ether oxygens (including phenoxy) is 1. The lowest BCUT2D eigenvalue weighted by Crippen LogP contribution is -2.38. The first kappa shape index (κ1) is 23.6. The van der Waals surface area contributed by atoms with Gasteiger partial charge in [0.25, 0.3) is 0 Å². The normalized spacial score (nSPS) is 17.1. The molecule has 1 saturated heterocycles. The number of anilines is 1. The summed E-state index contributed by atoms with van der Waals surface area (Å²) in [6.45, 7) is 4.40. The first-order valence-electron chi connectivity index (χ1n) is 11.3. The van der Waals surface area contributed by atoms with E-state index in [0.717, 1.165) is 62.7 Å². The van der Waals surface area contributed by atoms with Crippen molar-refractivity contribution in [2.24, 2.45) is 5.92 Å². The van der Waals surface area contributed by atoms with Crippen LogP contribution in [0.3, 0.4) is 0 Å². The number of carbonyl (C=O) groups is 2. The van der Waals surface area contributed by atoms with Crippen LogP contribution in [0.15, 0.2) is 18.2 Å². The molecule has 32 heavy (non-hydrogen) atoms. The van der Waals surface area contributed by atoms with Gasteiger partial charge in [0, 0.05) is 32.9 Å². The average Bonchev–Trinajstić information content (AvgIpc) is 3.15. The Balaban J connectivity index is 1.40. The van der Waals surface area contributed by atoms with E-state index in [1.54, 1.807) is 18.3 Å². The number of fused-ring (bicyclic) bond motifs is 1. The van der Waals surface area contributed by atoms with Gasteiger partial charge in [0.1, 0.15) is 5.00 Å². The minimum Gasteiger partial charge on any atom is -0.462 e. The number of carbonyl (C=O) groups excluding carboxylic acids is 2. The Bertz CT molecular complexity index is 979. The molecule has 0 radical (unpaired) electrons. The molecule has 4 rings (SSSR count). The molecule has 1 aliphatic heterocycles. The smallest absolute Gasteiger partial charge is 0.341 e. The Morgan fingerprint density at radius 2 is 1.84 bits per heavy atom. The van der Waals surface area contributed by atoms with Gasteiger partial charge in [0.15, 0.2) is 0 Å². The summed E-state index contributed by atoms with van der Waals surface area (Å²) in [5.41, 5.74) is 2.58. The second kappa shape index (κ2) is 10.6. The van der Waals surface area contributed by atoms with E-state index in [4.69, 9.17) is 27.9 Å². The van der Waals surface area contributed by atoms with Gasteiger partial charge in [-0.2, -0.15) is 0 Å². The maximum Gasteiger partial charge on any atom is 0.341 e. The number of hydrogen-bond donors (Lipinski definition) is 1. The average molecular weight is 495 g/mol. The number of halogens is 2. The van der Waals surface area contributed by atoms with Crippen molar-refractivity contribution in [1.82, 2.24) is 4.90 Å². The molecule has 1 N–H and O–H groups in total. The minimum absolute atomic E-state index is 0.00966. The molecule has 2 aliphatic rings. The van der Waals surface area contributed by atoms with E-state index in [-0.39, 0.29) is 17.8 Å². The van der Waals surface area contributed by atoms with Crippen molar-refractivity contribution >= 4 is 51.4 Å². The van der Waals surface area contributed by atoms with E-state index in [0.29, 0.717) is 33.8 Å². The highest BCUT2D eigenvalue weighted by Crippen LogP contribution is 2.39. The number of aryl methyl sites for hydroxylation is 1. The summed E-state index contributed by atoms with van der Waals surface area (Å²) in [5.74, 6) is -0.416. The van der Waals surface area contributed by atoms with Crippen LogP contribution in [0.5, 0.6) is 0 Å². The lowest BCUT2D eigenvalue weighted by atomic mass is 9.94. The first-order valence-corrected chi connectivity index (χ1v) is 12.8. The van der Waals surface area contributed by atoms with Crippen LogP contribution in [-0.2, 0) is 28.9 Å². The highest BCUT2D eigenvalue weighted by Gasteiger charge is 2.30. The highest BCUT2D eigenvalue weighted by atomic mass is 35.5. The number of thiophene rings is 1. The molecular weight excluding hydrogens is 467 g/mol. The maximum atomic E-state index is 13.1. The number of nitrogens with zero attached hydrogens (tertiary/aromatic N) is 1. The number of esters is 1. The monoisotopic (exact) mass is 494 g/mol. The number of hydrogen-bond acceptors (Lipinski definition) is 5. The van der Waals surface area contributed by atoms with E-state index in [1.165, 1.54) is 4.88 Å². The van der Waals surface area contributed by atoms with E-state index < -0.39 is 0 Å². The third-order valence-corrected chi connectivity index (χ3v) is 8.20. The molecule has 0 spiro atoms. The van der Waals surface area contributed by atoms with E-state index >= 15 is 0 Å².